The highest BCUT2D eigenvalue weighted by Gasteiger charge is 2.26. The summed E-state index contributed by atoms with van der Waals surface area (Å²) in [5.74, 6) is -0.0416. The Balaban J connectivity index is 1.26. The molecule has 1 fully saturated rings. The van der Waals surface area contributed by atoms with Crippen LogP contribution in [-0.2, 0) is 0 Å². The number of hydrogen-bond acceptors (Lipinski definition) is 3. The van der Waals surface area contributed by atoms with Crippen LogP contribution in [0.3, 0.4) is 0 Å². The molecule has 4 rings (SSSR count). The SMILES string of the molecule is O=C(NCCCN1CCN(C(c2ccccc2)c2ccccc2)CC1)c1ccc(Cl)cc1. The van der Waals surface area contributed by atoms with E-state index < -0.39 is 0 Å². The number of hydrogen-bond donors (Lipinski definition) is 1. The number of nitrogens with zero attached hydrogens (tertiary/aromatic N) is 2. The Labute approximate surface area is 195 Å². The Bertz CT molecular complexity index is 931. The van der Waals surface area contributed by atoms with Gasteiger partial charge in [0.05, 0.1) is 6.04 Å². The van der Waals surface area contributed by atoms with Crippen LogP contribution in [0.1, 0.15) is 33.9 Å². The van der Waals surface area contributed by atoms with Crippen molar-refractivity contribution in [1.29, 1.82) is 0 Å². The van der Waals surface area contributed by atoms with Gasteiger partial charge in [-0.1, -0.05) is 72.3 Å². The van der Waals surface area contributed by atoms with Gasteiger partial charge in [-0.2, -0.15) is 0 Å². The summed E-state index contributed by atoms with van der Waals surface area (Å²) in [5.41, 5.74) is 3.34. The molecule has 1 saturated heterocycles. The lowest BCUT2D eigenvalue weighted by Gasteiger charge is -2.39. The van der Waals surface area contributed by atoms with E-state index in [1.54, 1.807) is 24.3 Å². The van der Waals surface area contributed by atoms with Crippen molar-refractivity contribution in [2.24, 2.45) is 0 Å². The molecule has 1 aliphatic rings. The highest BCUT2D eigenvalue weighted by molar-refractivity contribution is 6.30. The van der Waals surface area contributed by atoms with Gasteiger partial charge < -0.3 is 10.2 Å². The van der Waals surface area contributed by atoms with Gasteiger partial charge in [0.25, 0.3) is 5.91 Å². The van der Waals surface area contributed by atoms with E-state index in [0.29, 0.717) is 23.2 Å². The van der Waals surface area contributed by atoms with Gasteiger partial charge in [0.2, 0.25) is 0 Å². The zero-order valence-corrected chi connectivity index (χ0v) is 19.0. The van der Waals surface area contributed by atoms with Gasteiger partial charge in [-0.25, -0.2) is 0 Å². The summed E-state index contributed by atoms with van der Waals surface area (Å²) in [7, 11) is 0. The molecule has 3 aromatic rings. The summed E-state index contributed by atoms with van der Waals surface area (Å²) >= 11 is 5.89. The van der Waals surface area contributed by atoms with E-state index in [9.17, 15) is 4.79 Å². The normalized spacial score (nSPS) is 15.1. The highest BCUT2D eigenvalue weighted by atomic mass is 35.5. The van der Waals surface area contributed by atoms with Gasteiger partial charge in [-0.05, 0) is 48.4 Å². The number of amides is 1. The lowest BCUT2D eigenvalue weighted by Crippen LogP contribution is -2.48. The van der Waals surface area contributed by atoms with E-state index in [2.05, 4.69) is 75.8 Å². The first-order chi connectivity index (χ1) is 15.7. The minimum absolute atomic E-state index is 0.0416. The number of rotatable bonds is 8. The molecule has 0 aromatic heterocycles. The third kappa shape index (κ3) is 5.98. The van der Waals surface area contributed by atoms with Gasteiger partial charge in [0, 0.05) is 43.3 Å². The van der Waals surface area contributed by atoms with Gasteiger partial charge in [-0.15, -0.1) is 0 Å². The molecule has 0 bridgehead atoms. The topological polar surface area (TPSA) is 35.6 Å². The lowest BCUT2D eigenvalue weighted by atomic mass is 9.96. The number of carbonyl (C=O) groups excluding carboxylic acids is 1. The minimum atomic E-state index is -0.0416. The lowest BCUT2D eigenvalue weighted by molar-refractivity contribution is 0.0941. The Kier molecular flexibility index (Phi) is 7.94. The number of nitrogens with one attached hydrogen (secondary N) is 1. The quantitative estimate of drug-likeness (QED) is 0.500. The molecule has 0 saturated carbocycles. The molecule has 1 amide bonds. The Hall–Kier alpha value is -2.66. The summed E-state index contributed by atoms with van der Waals surface area (Å²) in [6, 6.07) is 28.9. The maximum atomic E-state index is 12.2. The Morgan fingerprint density at radius 1 is 0.812 bits per heavy atom. The van der Waals surface area contributed by atoms with Crippen molar-refractivity contribution in [3.63, 3.8) is 0 Å². The monoisotopic (exact) mass is 447 g/mol. The van der Waals surface area contributed by atoms with Gasteiger partial charge in [-0.3, -0.25) is 9.69 Å². The second kappa shape index (κ2) is 11.3. The van der Waals surface area contributed by atoms with Gasteiger partial charge in [0.15, 0.2) is 0 Å². The largest absolute Gasteiger partial charge is 0.352 e. The van der Waals surface area contributed by atoms with Gasteiger partial charge in [0.1, 0.15) is 0 Å². The molecule has 166 valence electrons. The standard InChI is InChI=1S/C27H30ClN3O/c28-25-14-12-24(13-15-25)27(32)29-16-7-17-30-18-20-31(21-19-30)26(22-8-3-1-4-9-22)23-10-5-2-6-11-23/h1-6,8-15,26H,7,16-21H2,(H,29,32). The molecule has 4 nitrogen and oxygen atoms in total. The second-order valence-corrected chi connectivity index (χ2v) is 8.65. The molecule has 0 atom stereocenters. The first-order valence-electron chi connectivity index (χ1n) is 11.3. The van der Waals surface area contributed by atoms with Crippen molar-refractivity contribution in [2.75, 3.05) is 39.3 Å². The van der Waals surface area contributed by atoms with E-state index in [0.717, 1.165) is 39.1 Å². The fourth-order valence-electron chi connectivity index (χ4n) is 4.34. The summed E-state index contributed by atoms with van der Waals surface area (Å²) < 4.78 is 0. The number of piperazine rings is 1. The third-order valence-electron chi connectivity index (χ3n) is 6.05. The predicted octanol–water partition coefficient (Wildman–Crippen LogP) is 4.87. The van der Waals surface area contributed by atoms with Crippen molar-refractivity contribution in [3.05, 3.63) is 107 Å². The summed E-state index contributed by atoms with van der Waals surface area (Å²) in [6.07, 6.45) is 0.945. The van der Waals surface area contributed by atoms with Crippen LogP contribution in [0.5, 0.6) is 0 Å². The van der Waals surface area contributed by atoms with Crippen molar-refractivity contribution < 1.29 is 4.79 Å². The van der Waals surface area contributed by atoms with Crippen molar-refractivity contribution in [2.45, 2.75) is 12.5 Å². The van der Waals surface area contributed by atoms with Crippen LogP contribution in [-0.4, -0.2) is 55.0 Å². The first kappa shape index (κ1) is 22.5. The highest BCUT2D eigenvalue weighted by Crippen LogP contribution is 2.29. The third-order valence-corrected chi connectivity index (χ3v) is 6.30. The smallest absolute Gasteiger partial charge is 0.251 e. The molecule has 0 radical (unpaired) electrons. The van der Waals surface area contributed by atoms with Crippen LogP contribution in [0.2, 0.25) is 5.02 Å². The van der Waals surface area contributed by atoms with E-state index in [4.69, 9.17) is 11.6 Å². The molecule has 1 heterocycles. The Morgan fingerprint density at radius 3 is 1.94 bits per heavy atom. The van der Waals surface area contributed by atoms with E-state index in [-0.39, 0.29) is 5.91 Å². The van der Waals surface area contributed by atoms with E-state index in [1.807, 2.05) is 0 Å². The minimum Gasteiger partial charge on any atom is -0.352 e. The molecule has 3 aromatic carbocycles. The number of benzene rings is 3. The van der Waals surface area contributed by atoms with Crippen LogP contribution in [0.25, 0.3) is 0 Å². The van der Waals surface area contributed by atoms with E-state index in [1.165, 1.54) is 11.1 Å². The maximum Gasteiger partial charge on any atom is 0.251 e. The first-order valence-corrected chi connectivity index (χ1v) is 11.7. The van der Waals surface area contributed by atoms with E-state index >= 15 is 0 Å². The summed E-state index contributed by atoms with van der Waals surface area (Å²) in [4.78, 5) is 17.3. The van der Waals surface area contributed by atoms with Crippen molar-refractivity contribution in [3.8, 4) is 0 Å². The molecule has 1 aliphatic heterocycles. The summed E-state index contributed by atoms with van der Waals surface area (Å²) in [5, 5.41) is 3.65. The van der Waals surface area contributed by atoms with Crippen LogP contribution < -0.4 is 5.32 Å². The Morgan fingerprint density at radius 2 is 1.38 bits per heavy atom. The average Bonchev–Trinajstić information content (AvgIpc) is 2.84. The molecule has 0 aliphatic carbocycles. The van der Waals surface area contributed by atoms with Crippen LogP contribution in [0, 0.1) is 0 Å². The fourth-order valence-corrected chi connectivity index (χ4v) is 4.46. The maximum absolute atomic E-state index is 12.2. The second-order valence-electron chi connectivity index (χ2n) is 8.22. The zero-order valence-electron chi connectivity index (χ0n) is 18.3. The average molecular weight is 448 g/mol. The van der Waals surface area contributed by atoms with Gasteiger partial charge >= 0.3 is 0 Å². The molecular formula is C27H30ClN3O. The van der Waals surface area contributed by atoms with Crippen LogP contribution in [0.4, 0.5) is 0 Å². The van der Waals surface area contributed by atoms with Crippen molar-refractivity contribution in [1.82, 2.24) is 15.1 Å². The molecule has 1 N–H and O–H groups in total. The molecule has 0 spiro atoms. The number of halogens is 1. The predicted molar refractivity (Wildman–Crippen MR) is 131 cm³/mol. The number of carbonyl (C=O) groups is 1. The van der Waals surface area contributed by atoms with Crippen LogP contribution in [0.15, 0.2) is 84.9 Å². The van der Waals surface area contributed by atoms with Crippen LogP contribution >= 0.6 is 11.6 Å². The molecular weight excluding hydrogens is 418 g/mol. The summed E-state index contributed by atoms with van der Waals surface area (Å²) in [6.45, 7) is 5.83. The zero-order chi connectivity index (χ0) is 22.2. The molecule has 0 unspecified atom stereocenters. The molecule has 32 heavy (non-hydrogen) atoms. The van der Waals surface area contributed by atoms with Crippen molar-refractivity contribution >= 4 is 17.5 Å². The fraction of sp³-hybridized carbons (Fsp3) is 0.296. The molecule has 5 heteroatoms.